The fourth-order valence-electron chi connectivity index (χ4n) is 3.86. The van der Waals surface area contributed by atoms with E-state index in [2.05, 4.69) is 26.0 Å². The summed E-state index contributed by atoms with van der Waals surface area (Å²) in [4.78, 5) is 0. The second-order valence-electron chi connectivity index (χ2n) is 8.29. The van der Waals surface area contributed by atoms with E-state index in [4.69, 9.17) is 9.47 Å². The predicted octanol–water partition coefficient (Wildman–Crippen LogP) is 7.90. The zero-order valence-electron chi connectivity index (χ0n) is 20.1. The molecule has 0 unspecified atom stereocenters. The van der Waals surface area contributed by atoms with Crippen molar-refractivity contribution < 1.29 is 9.47 Å². The fraction of sp³-hybridized carbons (Fsp3) is 0.333. The molecule has 3 aromatic carbocycles. The Kier molecular flexibility index (Phi) is 9.56. The van der Waals surface area contributed by atoms with Crippen molar-refractivity contribution in [1.29, 1.82) is 10.5 Å². The summed E-state index contributed by atoms with van der Waals surface area (Å²) in [5.74, 6) is 1.62. The highest BCUT2D eigenvalue weighted by atomic mass is 16.5. The molecule has 0 aromatic heterocycles. The summed E-state index contributed by atoms with van der Waals surface area (Å²) in [7, 11) is 0. The molecule has 0 saturated heterocycles. The minimum atomic E-state index is 0.386. The van der Waals surface area contributed by atoms with Gasteiger partial charge in [0.15, 0.2) is 0 Å². The summed E-state index contributed by atoms with van der Waals surface area (Å²) in [5.41, 5.74) is 4.04. The summed E-state index contributed by atoms with van der Waals surface area (Å²) in [6.07, 6.45) is 6.70. The maximum Gasteiger partial charge on any atom is 0.119 e. The molecule has 0 fully saturated rings. The standard InChI is InChI=1S/C30H32N2O2/c1-3-5-7-19-33-25-13-9-23(10-14-25)27-17-18-28(30(22-32)29(27)21-31)24-11-15-26(16-12-24)34-20-8-6-4-2/h9-18H,3-8,19-20H2,1-2H3. The number of hydrogen-bond donors (Lipinski definition) is 0. The highest BCUT2D eigenvalue weighted by Crippen LogP contribution is 2.34. The molecule has 0 amide bonds. The van der Waals surface area contributed by atoms with Crippen LogP contribution in [0.25, 0.3) is 22.3 Å². The Balaban J connectivity index is 1.81. The molecule has 0 N–H and O–H groups in total. The molecule has 34 heavy (non-hydrogen) atoms. The van der Waals surface area contributed by atoms with Gasteiger partial charge in [0.25, 0.3) is 0 Å². The van der Waals surface area contributed by atoms with Crippen LogP contribution < -0.4 is 9.47 Å². The zero-order valence-corrected chi connectivity index (χ0v) is 20.1. The maximum atomic E-state index is 9.92. The molecule has 0 bridgehead atoms. The van der Waals surface area contributed by atoms with E-state index in [1.807, 2.05) is 60.7 Å². The number of unbranched alkanes of at least 4 members (excludes halogenated alkanes) is 4. The first-order chi connectivity index (χ1) is 16.7. The van der Waals surface area contributed by atoms with Crippen molar-refractivity contribution in [2.75, 3.05) is 13.2 Å². The van der Waals surface area contributed by atoms with Gasteiger partial charge in [0.05, 0.1) is 24.3 Å². The number of benzene rings is 3. The maximum absolute atomic E-state index is 9.92. The third-order valence-electron chi connectivity index (χ3n) is 5.79. The Labute approximate surface area is 203 Å². The molecule has 0 aliphatic carbocycles. The van der Waals surface area contributed by atoms with Crippen LogP contribution in [0.1, 0.15) is 63.5 Å². The average molecular weight is 453 g/mol. The van der Waals surface area contributed by atoms with E-state index in [-0.39, 0.29) is 0 Å². The normalized spacial score (nSPS) is 10.4. The van der Waals surface area contributed by atoms with Crippen LogP contribution >= 0.6 is 0 Å². The number of nitriles is 2. The molecular formula is C30H32N2O2. The van der Waals surface area contributed by atoms with Crippen LogP contribution in [0.4, 0.5) is 0 Å². The van der Waals surface area contributed by atoms with Gasteiger partial charge in [0, 0.05) is 11.1 Å². The van der Waals surface area contributed by atoms with E-state index in [1.165, 1.54) is 0 Å². The first-order valence-corrected chi connectivity index (χ1v) is 12.2. The van der Waals surface area contributed by atoms with Crippen LogP contribution in [-0.2, 0) is 0 Å². The molecule has 3 rings (SSSR count). The Bertz CT molecular complexity index is 1040. The SMILES string of the molecule is CCCCCOc1ccc(-c2ccc(-c3ccc(OCCCCC)cc3)c(C#N)c2C#N)cc1. The van der Waals surface area contributed by atoms with Crippen LogP contribution in [0.2, 0.25) is 0 Å². The van der Waals surface area contributed by atoms with Gasteiger partial charge in [-0.05, 0) is 48.2 Å². The Morgan fingerprint density at radius 1 is 0.559 bits per heavy atom. The number of nitrogens with zero attached hydrogens (tertiary/aromatic N) is 2. The van der Waals surface area contributed by atoms with Gasteiger partial charge in [-0.25, -0.2) is 0 Å². The van der Waals surface area contributed by atoms with Gasteiger partial charge >= 0.3 is 0 Å². The van der Waals surface area contributed by atoms with E-state index in [0.717, 1.165) is 72.3 Å². The Hall–Kier alpha value is -3.76. The van der Waals surface area contributed by atoms with Gasteiger partial charge in [-0.3, -0.25) is 0 Å². The van der Waals surface area contributed by atoms with Crippen molar-refractivity contribution in [3.05, 3.63) is 71.8 Å². The molecule has 0 spiro atoms. The smallest absolute Gasteiger partial charge is 0.119 e. The molecule has 3 aromatic rings. The molecule has 0 radical (unpaired) electrons. The van der Waals surface area contributed by atoms with E-state index in [1.54, 1.807) is 0 Å². The van der Waals surface area contributed by atoms with E-state index >= 15 is 0 Å². The fourth-order valence-corrected chi connectivity index (χ4v) is 3.86. The Morgan fingerprint density at radius 2 is 0.941 bits per heavy atom. The highest BCUT2D eigenvalue weighted by Gasteiger charge is 2.16. The summed E-state index contributed by atoms with van der Waals surface area (Å²) >= 11 is 0. The van der Waals surface area contributed by atoms with Gasteiger partial charge in [-0.1, -0.05) is 75.9 Å². The van der Waals surface area contributed by atoms with Gasteiger partial charge in [-0.15, -0.1) is 0 Å². The minimum Gasteiger partial charge on any atom is -0.494 e. The molecular weight excluding hydrogens is 420 g/mol. The molecule has 0 aliphatic rings. The quantitative estimate of drug-likeness (QED) is 0.262. The van der Waals surface area contributed by atoms with Crippen molar-refractivity contribution in [2.45, 2.75) is 52.4 Å². The highest BCUT2D eigenvalue weighted by molar-refractivity contribution is 5.82. The third kappa shape index (κ3) is 6.40. The van der Waals surface area contributed by atoms with Gasteiger partial charge in [0.1, 0.15) is 23.6 Å². The van der Waals surface area contributed by atoms with E-state index in [9.17, 15) is 10.5 Å². The largest absolute Gasteiger partial charge is 0.494 e. The summed E-state index contributed by atoms with van der Waals surface area (Å²) in [6, 6.07) is 23.8. The van der Waals surface area contributed by atoms with Crippen LogP contribution in [0.15, 0.2) is 60.7 Å². The minimum absolute atomic E-state index is 0.386. The average Bonchev–Trinajstić information content (AvgIpc) is 2.89. The number of ether oxygens (including phenoxy) is 2. The lowest BCUT2D eigenvalue weighted by Crippen LogP contribution is -1.98. The van der Waals surface area contributed by atoms with Gasteiger partial charge < -0.3 is 9.47 Å². The third-order valence-corrected chi connectivity index (χ3v) is 5.79. The molecule has 0 heterocycles. The summed E-state index contributed by atoms with van der Waals surface area (Å²) in [6.45, 7) is 5.74. The lowest BCUT2D eigenvalue weighted by molar-refractivity contribution is 0.306. The van der Waals surface area contributed by atoms with Crippen molar-refractivity contribution in [3.8, 4) is 45.9 Å². The van der Waals surface area contributed by atoms with E-state index in [0.29, 0.717) is 24.3 Å². The van der Waals surface area contributed by atoms with Crippen molar-refractivity contribution in [1.82, 2.24) is 0 Å². The van der Waals surface area contributed by atoms with Crippen LogP contribution in [-0.4, -0.2) is 13.2 Å². The van der Waals surface area contributed by atoms with Crippen LogP contribution in [0.3, 0.4) is 0 Å². The first-order valence-electron chi connectivity index (χ1n) is 12.2. The van der Waals surface area contributed by atoms with Crippen molar-refractivity contribution in [2.24, 2.45) is 0 Å². The van der Waals surface area contributed by atoms with Crippen molar-refractivity contribution >= 4 is 0 Å². The van der Waals surface area contributed by atoms with Crippen LogP contribution in [0, 0.1) is 22.7 Å². The summed E-state index contributed by atoms with van der Waals surface area (Å²) in [5, 5.41) is 19.8. The van der Waals surface area contributed by atoms with E-state index < -0.39 is 0 Å². The van der Waals surface area contributed by atoms with Crippen LogP contribution in [0.5, 0.6) is 11.5 Å². The van der Waals surface area contributed by atoms with Gasteiger partial charge in [-0.2, -0.15) is 10.5 Å². The first kappa shape index (κ1) is 24.9. The number of hydrogen-bond acceptors (Lipinski definition) is 4. The molecule has 174 valence electrons. The lowest BCUT2D eigenvalue weighted by Gasteiger charge is -2.12. The van der Waals surface area contributed by atoms with Crippen molar-refractivity contribution in [3.63, 3.8) is 0 Å². The predicted molar refractivity (Wildman–Crippen MR) is 137 cm³/mol. The molecule has 0 saturated carbocycles. The Morgan fingerprint density at radius 3 is 1.26 bits per heavy atom. The topological polar surface area (TPSA) is 66.0 Å². The monoisotopic (exact) mass is 452 g/mol. The number of rotatable bonds is 12. The molecule has 4 heteroatoms. The zero-order chi connectivity index (χ0) is 24.2. The lowest BCUT2D eigenvalue weighted by atomic mass is 9.90. The summed E-state index contributed by atoms with van der Waals surface area (Å²) < 4.78 is 11.6. The molecule has 0 aliphatic heterocycles. The second-order valence-corrected chi connectivity index (χ2v) is 8.29. The molecule has 0 atom stereocenters. The van der Waals surface area contributed by atoms with Gasteiger partial charge in [0.2, 0.25) is 0 Å². The second kappa shape index (κ2) is 13.1. The molecule has 4 nitrogen and oxygen atoms in total.